The topological polar surface area (TPSA) is 69.6 Å². The number of carboxylic acids is 1. The number of amides is 2. The minimum atomic E-state index is -0.971. The first kappa shape index (κ1) is 14.4. The number of carbonyl (C=O) groups is 2. The molecule has 2 amide bonds. The van der Waals surface area contributed by atoms with Crippen molar-refractivity contribution in [3.05, 3.63) is 26.8 Å². The van der Waals surface area contributed by atoms with E-state index in [4.69, 9.17) is 16.7 Å². The number of halogens is 2. The van der Waals surface area contributed by atoms with Crippen LogP contribution in [0.4, 0.5) is 10.5 Å². The Morgan fingerprint density at radius 1 is 1.47 bits per heavy atom. The zero-order valence-electron chi connectivity index (χ0n) is 9.90. The second kappa shape index (κ2) is 5.96. The van der Waals surface area contributed by atoms with Gasteiger partial charge in [-0.2, -0.15) is 0 Å². The standard InChI is InChI=1S/C12H12ClIN2O3/c13-8-4-3-7(14)6-9(8)15-12(19)16-5-1-2-10(16)11(17)18/h3-4,6,10H,1-2,5H2,(H,15,19)(H,17,18)/t10-/m0/s1. The fourth-order valence-electron chi connectivity index (χ4n) is 2.05. The van der Waals surface area contributed by atoms with Gasteiger partial charge in [-0.25, -0.2) is 9.59 Å². The minimum absolute atomic E-state index is 0.422. The number of nitrogens with one attached hydrogen (secondary N) is 1. The molecule has 0 unspecified atom stereocenters. The normalized spacial score (nSPS) is 18.4. The van der Waals surface area contributed by atoms with Crippen LogP contribution in [-0.2, 0) is 4.79 Å². The molecule has 2 rings (SSSR count). The molecule has 102 valence electrons. The number of anilines is 1. The van der Waals surface area contributed by atoms with Gasteiger partial charge in [0.2, 0.25) is 0 Å². The molecule has 0 bridgehead atoms. The Kier molecular flexibility index (Phi) is 4.51. The van der Waals surface area contributed by atoms with E-state index in [-0.39, 0.29) is 0 Å². The Morgan fingerprint density at radius 2 is 2.21 bits per heavy atom. The van der Waals surface area contributed by atoms with E-state index in [2.05, 4.69) is 27.9 Å². The van der Waals surface area contributed by atoms with Crippen LogP contribution in [0.15, 0.2) is 18.2 Å². The highest BCUT2D eigenvalue weighted by atomic mass is 127. The van der Waals surface area contributed by atoms with Crippen LogP contribution in [0.25, 0.3) is 0 Å². The molecule has 1 aliphatic heterocycles. The molecule has 19 heavy (non-hydrogen) atoms. The van der Waals surface area contributed by atoms with Gasteiger partial charge in [0.05, 0.1) is 10.7 Å². The molecule has 2 N–H and O–H groups in total. The Morgan fingerprint density at radius 3 is 2.89 bits per heavy atom. The molecule has 1 atom stereocenters. The fourth-order valence-corrected chi connectivity index (χ4v) is 2.70. The summed E-state index contributed by atoms with van der Waals surface area (Å²) in [4.78, 5) is 24.5. The molecule has 0 saturated carbocycles. The highest BCUT2D eigenvalue weighted by Gasteiger charge is 2.34. The third kappa shape index (κ3) is 3.30. The molecule has 5 nitrogen and oxygen atoms in total. The van der Waals surface area contributed by atoms with Crippen molar-refractivity contribution in [3.63, 3.8) is 0 Å². The first-order valence-electron chi connectivity index (χ1n) is 5.74. The van der Waals surface area contributed by atoms with Gasteiger partial charge in [0.15, 0.2) is 0 Å². The van der Waals surface area contributed by atoms with Crippen molar-refractivity contribution in [1.82, 2.24) is 4.90 Å². The minimum Gasteiger partial charge on any atom is -0.480 e. The molecule has 1 heterocycles. The molecule has 1 aromatic carbocycles. The van der Waals surface area contributed by atoms with E-state index in [1.165, 1.54) is 4.90 Å². The predicted molar refractivity (Wildman–Crippen MR) is 80.6 cm³/mol. The van der Waals surface area contributed by atoms with E-state index >= 15 is 0 Å². The lowest BCUT2D eigenvalue weighted by Gasteiger charge is -2.22. The van der Waals surface area contributed by atoms with Crippen LogP contribution in [0.5, 0.6) is 0 Å². The van der Waals surface area contributed by atoms with E-state index < -0.39 is 18.0 Å². The number of nitrogens with zero attached hydrogens (tertiary/aromatic N) is 1. The average molecular weight is 395 g/mol. The number of carbonyl (C=O) groups excluding carboxylic acids is 1. The molecule has 0 aliphatic carbocycles. The molecular formula is C12H12ClIN2O3. The summed E-state index contributed by atoms with van der Waals surface area (Å²) in [5.74, 6) is -0.971. The summed E-state index contributed by atoms with van der Waals surface area (Å²) < 4.78 is 0.938. The lowest BCUT2D eigenvalue weighted by molar-refractivity contribution is -0.141. The van der Waals surface area contributed by atoms with Gasteiger partial charge in [0.1, 0.15) is 6.04 Å². The van der Waals surface area contributed by atoms with Crippen LogP contribution < -0.4 is 5.32 Å². The number of rotatable bonds is 2. The van der Waals surface area contributed by atoms with Gasteiger partial charge in [0.25, 0.3) is 0 Å². The second-order valence-electron chi connectivity index (χ2n) is 4.24. The number of hydrogen-bond acceptors (Lipinski definition) is 2. The zero-order valence-corrected chi connectivity index (χ0v) is 12.8. The molecule has 0 radical (unpaired) electrons. The van der Waals surface area contributed by atoms with E-state index in [0.29, 0.717) is 30.1 Å². The third-order valence-electron chi connectivity index (χ3n) is 2.97. The van der Waals surface area contributed by atoms with Crippen molar-refractivity contribution < 1.29 is 14.7 Å². The van der Waals surface area contributed by atoms with Crippen molar-refractivity contribution >= 4 is 51.9 Å². The number of aliphatic carboxylic acids is 1. The molecule has 0 aromatic heterocycles. The SMILES string of the molecule is O=C(O)[C@@H]1CCCN1C(=O)Nc1cc(I)ccc1Cl. The Hall–Kier alpha value is -1.02. The van der Waals surface area contributed by atoms with Crippen LogP contribution in [0.2, 0.25) is 5.02 Å². The highest BCUT2D eigenvalue weighted by molar-refractivity contribution is 14.1. The first-order chi connectivity index (χ1) is 8.99. The van der Waals surface area contributed by atoms with Gasteiger partial charge in [-0.15, -0.1) is 0 Å². The van der Waals surface area contributed by atoms with Crippen molar-refractivity contribution in [3.8, 4) is 0 Å². The van der Waals surface area contributed by atoms with Crippen LogP contribution in [-0.4, -0.2) is 34.6 Å². The second-order valence-corrected chi connectivity index (χ2v) is 5.90. The summed E-state index contributed by atoms with van der Waals surface area (Å²) >= 11 is 8.11. The maximum Gasteiger partial charge on any atom is 0.326 e. The van der Waals surface area contributed by atoms with Crippen molar-refractivity contribution in [2.75, 3.05) is 11.9 Å². The number of benzene rings is 1. The van der Waals surface area contributed by atoms with Gasteiger partial charge in [-0.05, 0) is 53.6 Å². The van der Waals surface area contributed by atoms with Gasteiger partial charge in [-0.1, -0.05) is 11.6 Å². The number of likely N-dealkylation sites (tertiary alicyclic amines) is 1. The summed E-state index contributed by atoms with van der Waals surface area (Å²) in [6.07, 6.45) is 1.19. The molecule has 1 fully saturated rings. The smallest absolute Gasteiger partial charge is 0.326 e. The summed E-state index contributed by atoms with van der Waals surface area (Å²) in [6, 6.07) is 4.09. The van der Waals surface area contributed by atoms with E-state index in [1.54, 1.807) is 12.1 Å². The molecule has 1 saturated heterocycles. The monoisotopic (exact) mass is 394 g/mol. The fraction of sp³-hybridized carbons (Fsp3) is 0.333. The quantitative estimate of drug-likeness (QED) is 0.758. The Bertz CT molecular complexity index is 524. The largest absolute Gasteiger partial charge is 0.480 e. The van der Waals surface area contributed by atoms with Gasteiger partial charge in [-0.3, -0.25) is 0 Å². The van der Waals surface area contributed by atoms with Crippen molar-refractivity contribution in [2.45, 2.75) is 18.9 Å². The zero-order chi connectivity index (χ0) is 14.0. The van der Waals surface area contributed by atoms with Gasteiger partial charge >= 0.3 is 12.0 Å². The van der Waals surface area contributed by atoms with Crippen LogP contribution in [0.3, 0.4) is 0 Å². The predicted octanol–water partition coefficient (Wildman–Crippen LogP) is 3.03. The summed E-state index contributed by atoms with van der Waals surface area (Å²) in [6.45, 7) is 0.449. The highest BCUT2D eigenvalue weighted by Crippen LogP contribution is 2.25. The van der Waals surface area contributed by atoms with E-state index in [1.807, 2.05) is 6.07 Å². The summed E-state index contributed by atoms with van der Waals surface area (Å²) in [5.41, 5.74) is 0.495. The maximum absolute atomic E-state index is 12.1. The average Bonchev–Trinajstić information content (AvgIpc) is 2.83. The van der Waals surface area contributed by atoms with E-state index in [9.17, 15) is 9.59 Å². The number of carboxylic acid groups (broad SMARTS) is 1. The van der Waals surface area contributed by atoms with Crippen LogP contribution in [0.1, 0.15) is 12.8 Å². The third-order valence-corrected chi connectivity index (χ3v) is 3.97. The van der Waals surface area contributed by atoms with Crippen LogP contribution >= 0.6 is 34.2 Å². The number of hydrogen-bond donors (Lipinski definition) is 2. The Balaban J connectivity index is 2.12. The molecule has 1 aliphatic rings. The lowest BCUT2D eigenvalue weighted by atomic mass is 10.2. The van der Waals surface area contributed by atoms with Crippen molar-refractivity contribution in [2.24, 2.45) is 0 Å². The Labute approximate surface area is 129 Å². The van der Waals surface area contributed by atoms with Crippen molar-refractivity contribution in [1.29, 1.82) is 0 Å². The van der Waals surface area contributed by atoms with Crippen LogP contribution in [0, 0.1) is 3.57 Å². The first-order valence-corrected chi connectivity index (χ1v) is 7.20. The van der Waals surface area contributed by atoms with Gasteiger partial charge < -0.3 is 15.3 Å². The maximum atomic E-state index is 12.1. The molecule has 0 spiro atoms. The number of urea groups is 1. The molecule has 1 aromatic rings. The molecular weight excluding hydrogens is 383 g/mol. The van der Waals surface area contributed by atoms with E-state index in [0.717, 1.165) is 3.57 Å². The van der Waals surface area contributed by atoms with Gasteiger partial charge in [0, 0.05) is 10.1 Å². The summed E-state index contributed by atoms with van der Waals surface area (Å²) in [5, 5.41) is 12.1. The summed E-state index contributed by atoms with van der Waals surface area (Å²) in [7, 11) is 0. The lowest BCUT2D eigenvalue weighted by Crippen LogP contribution is -2.42. The molecule has 7 heteroatoms.